The number of rotatable bonds is 5. The standard InChI is InChI=1S/C12H9N3O2S2/c13-5-9-3-8(1-2-14-9)6-18-12-15-10(7-19-12)4-11(16)17/h1-3,7H,4,6H2,(H,16,17). The average Bonchev–Trinajstić information content (AvgIpc) is 2.83. The molecule has 0 unspecified atom stereocenters. The van der Waals surface area contributed by atoms with Gasteiger partial charge < -0.3 is 5.11 Å². The molecule has 0 saturated carbocycles. The molecule has 2 rings (SSSR count). The molecule has 0 spiro atoms. The van der Waals surface area contributed by atoms with Gasteiger partial charge in [-0.25, -0.2) is 9.97 Å². The number of hydrogen-bond acceptors (Lipinski definition) is 6. The summed E-state index contributed by atoms with van der Waals surface area (Å²) in [6, 6.07) is 5.57. The van der Waals surface area contributed by atoms with Gasteiger partial charge in [0.2, 0.25) is 0 Å². The van der Waals surface area contributed by atoms with Crippen LogP contribution in [0.2, 0.25) is 0 Å². The van der Waals surface area contributed by atoms with Crippen molar-refractivity contribution in [3.8, 4) is 6.07 Å². The largest absolute Gasteiger partial charge is 0.481 e. The van der Waals surface area contributed by atoms with Crippen LogP contribution < -0.4 is 0 Å². The Labute approximate surface area is 117 Å². The molecule has 0 aromatic carbocycles. The van der Waals surface area contributed by atoms with Crippen LogP contribution in [0.15, 0.2) is 28.0 Å². The maximum Gasteiger partial charge on any atom is 0.309 e. The summed E-state index contributed by atoms with van der Waals surface area (Å²) in [6.07, 6.45) is 1.55. The molecule has 0 aliphatic rings. The molecule has 0 saturated heterocycles. The Kier molecular flexibility index (Phi) is 4.49. The molecular formula is C12H9N3O2S2. The lowest BCUT2D eigenvalue weighted by atomic mass is 10.2. The predicted molar refractivity (Wildman–Crippen MR) is 72.0 cm³/mol. The quantitative estimate of drug-likeness (QED) is 0.851. The van der Waals surface area contributed by atoms with Gasteiger partial charge in [0, 0.05) is 17.3 Å². The van der Waals surface area contributed by atoms with E-state index in [-0.39, 0.29) is 6.42 Å². The summed E-state index contributed by atoms with van der Waals surface area (Å²) in [4.78, 5) is 18.7. The molecule has 19 heavy (non-hydrogen) atoms. The zero-order valence-electron chi connectivity index (χ0n) is 9.74. The molecule has 2 aromatic rings. The summed E-state index contributed by atoms with van der Waals surface area (Å²) >= 11 is 2.95. The smallest absolute Gasteiger partial charge is 0.309 e. The normalized spacial score (nSPS) is 10.1. The van der Waals surface area contributed by atoms with Gasteiger partial charge in [0.05, 0.1) is 12.1 Å². The fraction of sp³-hybridized carbons (Fsp3) is 0.167. The van der Waals surface area contributed by atoms with E-state index in [4.69, 9.17) is 10.4 Å². The van der Waals surface area contributed by atoms with E-state index in [0.717, 1.165) is 9.90 Å². The third kappa shape index (κ3) is 4.05. The number of nitriles is 1. The van der Waals surface area contributed by atoms with E-state index < -0.39 is 5.97 Å². The molecule has 0 fully saturated rings. The van der Waals surface area contributed by atoms with E-state index >= 15 is 0 Å². The fourth-order valence-electron chi connectivity index (χ4n) is 1.36. The maximum absolute atomic E-state index is 10.5. The van der Waals surface area contributed by atoms with Gasteiger partial charge in [-0.2, -0.15) is 5.26 Å². The van der Waals surface area contributed by atoms with Crippen molar-refractivity contribution in [2.24, 2.45) is 0 Å². The SMILES string of the molecule is N#Cc1cc(CSc2nc(CC(=O)O)cs2)ccn1. The summed E-state index contributed by atoms with van der Waals surface area (Å²) < 4.78 is 0.826. The van der Waals surface area contributed by atoms with Crippen LogP contribution in [-0.2, 0) is 17.0 Å². The zero-order chi connectivity index (χ0) is 13.7. The van der Waals surface area contributed by atoms with Gasteiger partial charge in [-0.1, -0.05) is 11.8 Å². The van der Waals surface area contributed by atoms with Gasteiger partial charge in [-0.15, -0.1) is 11.3 Å². The minimum atomic E-state index is -0.880. The van der Waals surface area contributed by atoms with Gasteiger partial charge in [-0.05, 0) is 17.7 Å². The van der Waals surface area contributed by atoms with Crippen molar-refractivity contribution in [3.05, 3.63) is 40.7 Å². The maximum atomic E-state index is 10.5. The zero-order valence-corrected chi connectivity index (χ0v) is 11.4. The lowest BCUT2D eigenvalue weighted by Gasteiger charge is -1.98. The Morgan fingerprint density at radius 2 is 2.42 bits per heavy atom. The highest BCUT2D eigenvalue weighted by Crippen LogP contribution is 2.26. The number of carboxylic acid groups (broad SMARTS) is 1. The minimum Gasteiger partial charge on any atom is -0.481 e. The molecule has 5 nitrogen and oxygen atoms in total. The van der Waals surface area contributed by atoms with Crippen molar-refractivity contribution >= 4 is 29.1 Å². The Bertz CT molecular complexity index is 634. The molecule has 0 atom stereocenters. The van der Waals surface area contributed by atoms with Crippen LogP contribution in [0.25, 0.3) is 0 Å². The second kappa shape index (κ2) is 6.31. The topological polar surface area (TPSA) is 86.9 Å². The number of aliphatic carboxylic acids is 1. The Morgan fingerprint density at radius 3 is 3.16 bits per heavy atom. The molecular weight excluding hydrogens is 282 g/mol. The summed E-state index contributed by atoms with van der Waals surface area (Å²) in [5.74, 6) is -0.202. The summed E-state index contributed by atoms with van der Waals surface area (Å²) in [6.45, 7) is 0. The van der Waals surface area contributed by atoms with Crippen LogP contribution in [0.4, 0.5) is 0 Å². The van der Waals surface area contributed by atoms with E-state index in [0.29, 0.717) is 17.1 Å². The molecule has 0 radical (unpaired) electrons. The Morgan fingerprint density at radius 1 is 1.58 bits per heavy atom. The van der Waals surface area contributed by atoms with Crippen LogP contribution in [0, 0.1) is 11.3 Å². The number of nitrogens with zero attached hydrogens (tertiary/aromatic N) is 3. The van der Waals surface area contributed by atoms with Gasteiger partial charge in [0.1, 0.15) is 16.1 Å². The summed E-state index contributed by atoms with van der Waals surface area (Å²) in [5, 5.41) is 19.2. The number of thioether (sulfide) groups is 1. The number of aromatic nitrogens is 2. The van der Waals surface area contributed by atoms with Crippen LogP contribution in [0.3, 0.4) is 0 Å². The van der Waals surface area contributed by atoms with Gasteiger partial charge >= 0.3 is 5.97 Å². The van der Waals surface area contributed by atoms with Crippen LogP contribution in [0.5, 0.6) is 0 Å². The molecule has 0 amide bonds. The molecule has 2 aromatic heterocycles. The summed E-state index contributed by atoms with van der Waals surface area (Å²) in [5.41, 5.74) is 1.96. The molecule has 0 bridgehead atoms. The van der Waals surface area contributed by atoms with Crippen molar-refractivity contribution in [1.29, 1.82) is 5.26 Å². The summed E-state index contributed by atoms with van der Waals surface area (Å²) in [7, 11) is 0. The monoisotopic (exact) mass is 291 g/mol. The first-order chi connectivity index (χ1) is 9.17. The minimum absolute atomic E-state index is 0.0507. The van der Waals surface area contributed by atoms with Gasteiger partial charge in [0.15, 0.2) is 0 Å². The van der Waals surface area contributed by atoms with Crippen LogP contribution >= 0.6 is 23.1 Å². The lowest BCUT2D eigenvalue weighted by molar-refractivity contribution is -0.136. The highest BCUT2D eigenvalue weighted by molar-refractivity contribution is 8.00. The molecule has 0 aliphatic heterocycles. The van der Waals surface area contributed by atoms with Crippen LogP contribution in [-0.4, -0.2) is 21.0 Å². The fourth-order valence-corrected chi connectivity index (χ4v) is 3.15. The number of hydrogen-bond donors (Lipinski definition) is 1. The first-order valence-corrected chi connectivity index (χ1v) is 7.18. The average molecular weight is 291 g/mol. The lowest BCUT2D eigenvalue weighted by Crippen LogP contribution is -1.99. The second-order valence-corrected chi connectivity index (χ2v) is 5.71. The van der Waals surface area contributed by atoms with E-state index in [1.807, 2.05) is 12.1 Å². The molecule has 7 heteroatoms. The molecule has 2 heterocycles. The number of pyridine rings is 1. The van der Waals surface area contributed by atoms with Crippen molar-refractivity contribution in [2.45, 2.75) is 16.5 Å². The number of carboxylic acids is 1. The Hall–Kier alpha value is -1.91. The number of thiazole rings is 1. The highest BCUT2D eigenvalue weighted by Gasteiger charge is 2.07. The third-order valence-electron chi connectivity index (χ3n) is 2.16. The molecule has 0 aliphatic carbocycles. The first-order valence-electron chi connectivity index (χ1n) is 5.31. The van der Waals surface area contributed by atoms with Crippen molar-refractivity contribution in [3.63, 3.8) is 0 Å². The van der Waals surface area contributed by atoms with E-state index in [2.05, 4.69) is 9.97 Å². The second-order valence-electron chi connectivity index (χ2n) is 3.63. The Balaban J connectivity index is 1.96. The number of carbonyl (C=O) groups is 1. The van der Waals surface area contributed by atoms with Crippen molar-refractivity contribution < 1.29 is 9.90 Å². The molecule has 1 N–H and O–H groups in total. The molecule has 96 valence electrons. The van der Waals surface area contributed by atoms with Gasteiger partial charge in [-0.3, -0.25) is 4.79 Å². The van der Waals surface area contributed by atoms with Gasteiger partial charge in [0.25, 0.3) is 0 Å². The van der Waals surface area contributed by atoms with Crippen molar-refractivity contribution in [1.82, 2.24) is 9.97 Å². The van der Waals surface area contributed by atoms with E-state index in [9.17, 15) is 4.79 Å². The predicted octanol–water partition coefficient (Wildman–Crippen LogP) is 2.33. The highest BCUT2D eigenvalue weighted by atomic mass is 32.2. The van der Waals surface area contributed by atoms with E-state index in [1.54, 1.807) is 17.6 Å². The first kappa shape index (κ1) is 13.5. The van der Waals surface area contributed by atoms with Crippen molar-refractivity contribution in [2.75, 3.05) is 0 Å². The van der Waals surface area contributed by atoms with E-state index in [1.165, 1.54) is 23.1 Å². The van der Waals surface area contributed by atoms with Crippen LogP contribution in [0.1, 0.15) is 17.0 Å². The third-order valence-corrected chi connectivity index (χ3v) is 4.31.